The van der Waals surface area contributed by atoms with E-state index in [1.54, 1.807) is 12.1 Å². The Labute approximate surface area is 132 Å². The maximum absolute atomic E-state index is 10.9. The number of phenols is 1. The number of nitro groups is 1. The van der Waals surface area contributed by atoms with Crippen LogP contribution in [-0.4, -0.2) is 36.2 Å². The molecule has 0 atom stereocenters. The molecule has 0 bridgehead atoms. The van der Waals surface area contributed by atoms with Crippen LogP contribution in [0.2, 0.25) is 0 Å². The highest BCUT2D eigenvalue weighted by Gasteiger charge is 2.23. The first-order valence-electron chi connectivity index (χ1n) is 7.09. The first kappa shape index (κ1) is 14.6. The molecule has 0 aliphatic carbocycles. The summed E-state index contributed by atoms with van der Waals surface area (Å²) >= 11 is 1.23. The minimum Gasteiger partial charge on any atom is -0.506 e. The second kappa shape index (κ2) is 5.84. The fourth-order valence-corrected chi connectivity index (χ4v) is 3.78. The zero-order valence-electron chi connectivity index (χ0n) is 12.2. The summed E-state index contributed by atoms with van der Waals surface area (Å²) in [6.07, 6.45) is 0. The second-order valence-electron chi connectivity index (χ2n) is 5.29. The van der Waals surface area contributed by atoms with Gasteiger partial charge in [0.1, 0.15) is 10.8 Å². The van der Waals surface area contributed by atoms with E-state index < -0.39 is 0 Å². The van der Waals surface area contributed by atoms with Crippen molar-refractivity contribution in [2.45, 2.75) is 6.92 Å². The summed E-state index contributed by atoms with van der Waals surface area (Å²) in [5.41, 5.74) is 1.80. The van der Waals surface area contributed by atoms with Gasteiger partial charge in [-0.1, -0.05) is 12.1 Å². The van der Waals surface area contributed by atoms with Crippen molar-refractivity contribution >= 4 is 27.0 Å². The normalized spacial score (nSPS) is 15.1. The number of para-hydroxylation sites is 2. The molecule has 0 saturated carbocycles. The van der Waals surface area contributed by atoms with Crippen molar-refractivity contribution in [3.05, 3.63) is 46.0 Å². The van der Waals surface area contributed by atoms with Gasteiger partial charge in [-0.15, -0.1) is 0 Å². The van der Waals surface area contributed by atoms with Gasteiger partial charge in [-0.05, 0) is 36.0 Å². The van der Waals surface area contributed by atoms with Gasteiger partial charge in [-0.2, -0.15) is 0 Å². The van der Waals surface area contributed by atoms with Gasteiger partial charge in [0.25, 0.3) is 0 Å². The van der Waals surface area contributed by atoms with Gasteiger partial charge in [0.05, 0.1) is 10.6 Å². The molecule has 0 amide bonds. The minimum atomic E-state index is -0.334. The van der Waals surface area contributed by atoms with Crippen molar-refractivity contribution in [1.29, 1.82) is 0 Å². The highest BCUT2D eigenvalue weighted by molar-refractivity contribution is 7.19. The number of hydrogen-bond donors (Lipinski definition) is 1. The van der Waals surface area contributed by atoms with Crippen molar-refractivity contribution in [3.63, 3.8) is 0 Å². The number of phenolic OH excluding ortho intramolecular Hbond substituents is 1. The first-order valence-corrected chi connectivity index (χ1v) is 7.90. The smallest absolute Gasteiger partial charge is 0.326 e. The van der Waals surface area contributed by atoms with Crippen LogP contribution in [0.3, 0.4) is 0 Å². The van der Waals surface area contributed by atoms with Crippen LogP contribution in [0, 0.1) is 17.0 Å². The molecule has 1 aliphatic rings. The lowest BCUT2D eigenvalue weighted by atomic mass is 10.2. The van der Waals surface area contributed by atoms with Gasteiger partial charge in [0.2, 0.25) is 0 Å². The monoisotopic (exact) mass is 319 g/mol. The molecular formula is C15H17N3O3S. The number of aromatic hydroxyl groups is 1. The van der Waals surface area contributed by atoms with E-state index in [0.717, 1.165) is 42.4 Å². The zero-order chi connectivity index (χ0) is 15.7. The molecule has 22 heavy (non-hydrogen) atoms. The molecule has 6 nitrogen and oxygen atoms in total. The molecule has 116 valence electrons. The third kappa shape index (κ3) is 2.71. The lowest BCUT2D eigenvalue weighted by Crippen LogP contribution is -2.46. The number of hydrogen-bond acceptors (Lipinski definition) is 6. The van der Waals surface area contributed by atoms with E-state index in [1.165, 1.54) is 11.3 Å². The number of nitrogens with zero attached hydrogens (tertiary/aromatic N) is 3. The van der Waals surface area contributed by atoms with Gasteiger partial charge in [0.15, 0.2) is 0 Å². The van der Waals surface area contributed by atoms with Gasteiger partial charge in [0, 0.05) is 32.2 Å². The van der Waals surface area contributed by atoms with Crippen LogP contribution in [0.1, 0.15) is 5.56 Å². The van der Waals surface area contributed by atoms with E-state index in [0.29, 0.717) is 5.75 Å². The van der Waals surface area contributed by atoms with Gasteiger partial charge in [-0.3, -0.25) is 10.1 Å². The number of aryl methyl sites for hydroxylation is 1. The Morgan fingerprint density at radius 2 is 1.82 bits per heavy atom. The number of rotatable bonds is 3. The number of piperazine rings is 1. The number of thiophene rings is 1. The van der Waals surface area contributed by atoms with Crippen molar-refractivity contribution in [2.75, 3.05) is 36.0 Å². The molecule has 1 saturated heterocycles. The third-order valence-corrected chi connectivity index (χ3v) is 5.10. The molecule has 0 radical (unpaired) electrons. The molecule has 2 aromatic rings. The van der Waals surface area contributed by atoms with E-state index >= 15 is 0 Å². The predicted molar refractivity (Wildman–Crippen MR) is 88.2 cm³/mol. The SMILES string of the molecule is Cc1cc([N+](=O)[O-])sc1N1CCN(c2ccccc2O)CC1. The van der Waals surface area contributed by atoms with Gasteiger partial charge < -0.3 is 14.9 Å². The molecule has 0 unspecified atom stereocenters. The van der Waals surface area contributed by atoms with Crippen LogP contribution in [0.25, 0.3) is 0 Å². The highest BCUT2D eigenvalue weighted by Crippen LogP contribution is 2.37. The summed E-state index contributed by atoms with van der Waals surface area (Å²) in [4.78, 5) is 14.9. The van der Waals surface area contributed by atoms with Gasteiger partial charge in [-0.25, -0.2) is 0 Å². The molecule has 3 rings (SSSR count). The number of benzene rings is 1. The number of anilines is 2. The molecule has 1 N–H and O–H groups in total. The van der Waals surface area contributed by atoms with E-state index in [-0.39, 0.29) is 9.92 Å². The Hall–Kier alpha value is -2.28. The molecule has 0 spiro atoms. The molecule has 1 aromatic heterocycles. The fourth-order valence-electron chi connectivity index (χ4n) is 2.74. The molecule has 2 heterocycles. The topological polar surface area (TPSA) is 69.9 Å². The summed E-state index contributed by atoms with van der Waals surface area (Å²) in [5, 5.41) is 22.0. The lowest BCUT2D eigenvalue weighted by molar-refractivity contribution is -0.380. The second-order valence-corrected chi connectivity index (χ2v) is 6.30. The van der Waals surface area contributed by atoms with Crippen molar-refractivity contribution in [1.82, 2.24) is 0 Å². The molecular weight excluding hydrogens is 302 g/mol. The summed E-state index contributed by atoms with van der Waals surface area (Å²) in [7, 11) is 0. The van der Waals surface area contributed by atoms with Crippen LogP contribution in [0.4, 0.5) is 15.7 Å². The Bertz CT molecular complexity index is 693. The fraction of sp³-hybridized carbons (Fsp3) is 0.333. The maximum atomic E-state index is 10.9. The van der Waals surface area contributed by atoms with Crippen molar-refractivity contribution in [3.8, 4) is 5.75 Å². The zero-order valence-corrected chi connectivity index (χ0v) is 13.0. The molecule has 7 heteroatoms. The third-order valence-electron chi connectivity index (χ3n) is 3.85. The van der Waals surface area contributed by atoms with Crippen LogP contribution < -0.4 is 9.80 Å². The van der Waals surface area contributed by atoms with Crippen LogP contribution in [0.15, 0.2) is 30.3 Å². The standard InChI is InChI=1S/C15H17N3O3S/c1-11-10-14(18(20)21)22-15(11)17-8-6-16(7-9-17)12-4-2-3-5-13(12)19/h2-5,10,19H,6-9H2,1H3. The predicted octanol–water partition coefficient (Wildman–Crippen LogP) is 3.00. The summed E-state index contributed by atoms with van der Waals surface area (Å²) in [6, 6.07) is 8.95. The van der Waals surface area contributed by atoms with Crippen molar-refractivity contribution < 1.29 is 10.0 Å². The van der Waals surface area contributed by atoms with Crippen LogP contribution in [-0.2, 0) is 0 Å². The average Bonchev–Trinajstić information content (AvgIpc) is 2.90. The van der Waals surface area contributed by atoms with E-state index in [2.05, 4.69) is 9.80 Å². The highest BCUT2D eigenvalue weighted by atomic mass is 32.1. The summed E-state index contributed by atoms with van der Waals surface area (Å²) in [6.45, 7) is 5.04. The maximum Gasteiger partial charge on any atom is 0.326 e. The van der Waals surface area contributed by atoms with Crippen LogP contribution in [0.5, 0.6) is 5.75 Å². The molecule has 1 fully saturated rings. The Kier molecular flexibility index (Phi) is 3.89. The lowest BCUT2D eigenvalue weighted by Gasteiger charge is -2.37. The average molecular weight is 319 g/mol. The molecule has 1 aromatic carbocycles. The van der Waals surface area contributed by atoms with Crippen molar-refractivity contribution in [2.24, 2.45) is 0 Å². The largest absolute Gasteiger partial charge is 0.506 e. The molecule has 1 aliphatic heterocycles. The minimum absolute atomic E-state index is 0.190. The Morgan fingerprint density at radius 1 is 1.18 bits per heavy atom. The van der Waals surface area contributed by atoms with Crippen LogP contribution >= 0.6 is 11.3 Å². The van der Waals surface area contributed by atoms with E-state index in [4.69, 9.17) is 0 Å². The van der Waals surface area contributed by atoms with Gasteiger partial charge >= 0.3 is 5.00 Å². The summed E-state index contributed by atoms with van der Waals surface area (Å²) < 4.78 is 0. The Morgan fingerprint density at radius 3 is 2.41 bits per heavy atom. The first-order chi connectivity index (χ1) is 10.6. The quantitative estimate of drug-likeness (QED) is 0.695. The van der Waals surface area contributed by atoms with E-state index in [1.807, 2.05) is 25.1 Å². The summed E-state index contributed by atoms with van der Waals surface area (Å²) in [5.74, 6) is 0.291. The van der Waals surface area contributed by atoms with E-state index in [9.17, 15) is 15.2 Å². The Balaban J connectivity index is 1.72.